The van der Waals surface area contributed by atoms with Crippen LogP contribution in [0.4, 0.5) is 0 Å². The number of phenolic OH excluding ortho intramolecular Hbond substituents is 1. The molecule has 1 aliphatic carbocycles. The lowest BCUT2D eigenvalue weighted by Gasteiger charge is -2.29. The summed E-state index contributed by atoms with van der Waals surface area (Å²) in [7, 11) is 0. The average molecular weight is 726 g/mol. The second kappa shape index (κ2) is 17.6. The molecule has 2 aliphatic heterocycles. The number of fused-ring (bicyclic) bond motifs is 1. The molecule has 0 spiro atoms. The van der Waals surface area contributed by atoms with E-state index < -0.39 is 0 Å². The summed E-state index contributed by atoms with van der Waals surface area (Å²) in [6, 6.07) is 23.6. The third-order valence-corrected chi connectivity index (χ3v) is 11.3. The van der Waals surface area contributed by atoms with Crippen molar-refractivity contribution in [3.8, 4) is 22.8 Å². The Hall–Kier alpha value is -4.71. The highest BCUT2D eigenvalue weighted by molar-refractivity contribution is 6.28. The number of aromatic hydroxyl groups is 1. The molecule has 0 bridgehead atoms. The van der Waals surface area contributed by atoms with Crippen LogP contribution in [0, 0.1) is 11.8 Å². The molecule has 0 aromatic heterocycles. The first kappa shape index (κ1) is 39.0. The van der Waals surface area contributed by atoms with Gasteiger partial charge in [0, 0.05) is 30.5 Å². The number of Topliss-reactive ketones (excluding diaryl/α,β-unsaturated/α-hetero) is 1. The fraction of sp³-hybridized carbons (Fsp3) is 0.438. The lowest BCUT2D eigenvalue weighted by molar-refractivity contribution is -0.118. The van der Waals surface area contributed by atoms with Gasteiger partial charge in [-0.05, 0) is 57.7 Å². The van der Waals surface area contributed by atoms with Gasteiger partial charge in [0.05, 0.1) is 11.4 Å². The van der Waals surface area contributed by atoms with Crippen LogP contribution in [0.25, 0.3) is 22.6 Å². The summed E-state index contributed by atoms with van der Waals surface area (Å²) in [6.45, 7) is 11.1. The Morgan fingerprint density at radius 1 is 0.759 bits per heavy atom. The number of hydrogen-bond donors (Lipinski definition) is 2. The first-order valence-electron chi connectivity index (χ1n) is 20.4. The van der Waals surface area contributed by atoms with Gasteiger partial charge in [0.1, 0.15) is 11.4 Å². The molecule has 0 radical (unpaired) electrons. The van der Waals surface area contributed by atoms with E-state index >= 15 is 0 Å². The minimum atomic E-state index is -0.140. The highest BCUT2D eigenvalue weighted by atomic mass is 16.3. The molecule has 6 heteroatoms. The fourth-order valence-corrected chi connectivity index (χ4v) is 7.74. The lowest BCUT2D eigenvalue weighted by Crippen LogP contribution is -2.29. The number of carbonyl (C=O) groups excluding carboxylic acids is 1. The SMILES string of the molecule is CCCCCCCCCCCCC(C)C1C=C(c2ccc(Cc3nc4c(Cc5ccc(O)cc5)[nH]c(-c5ccc(C(C)(C)C)cc5)cn-4c3=O)cc2)C1=O. The lowest BCUT2D eigenvalue weighted by atomic mass is 9.73. The monoisotopic (exact) mass is 725 g/mol. The van der Waals surface area contributed by atoms with Gasteiger partial charge in [-0.2, -0.15) is 0 Å². The number of allylic oxidation sites excluding steroid dienone is 2. The predicted octanol–water partition coefficient (Wildman–Crippen LogP) is 11.4. The Kier molecular flexibility index (Phi) is 12.7. The number of ketones is 1. The Morgan fingerprint density at radius 3 is 1.94 bits per heavy atom. The molecule has 3 aliphatic rings. The van der Waals surface area contributed by atoms with Gasteiger partial charge < -0.3 is 10.1 Å². The zero-order chi connectivity index (χ0) is 38.2. The molecular formula is C48H59N3O3. The largest absolute Gasteiger partial charge is 0.508 e. The van der Waals surface area contributed by atoms with Crippen molar-refractivity contribution in [2.75, 3.05) is 0 Å². The van der Waals surface area contributed by atoms with Crippen molar-refractivity contribution >= 4 is 11.4 Å². The van der Waals surface area contributed by atoms with Gasteiger partial charge in [-0.25, -0.2) is 4.98 Å². The van der Waals surface area contributed by atoms with Gasteiger partial charge >= 0.3 is 0 Å². The van der Waals surface area contributed by atoms with Crippen molar-refractivity contribution in [1.82, 2.24) is 14.5 Å². The van der Waals surface area contributed by atoms with E-state index in [1.165, 1.54) is 69.8 Å². The standard InChI is InChI=1S/C48H59N3O3/c1-6-7-8-9-10-11-12-13-14-15-16-33(2)40-31-41(45(40)53)36-21-17-34(18-22-36)30-43-47(54)51-32-44(37-23-25-38(26-24-37)48(3,4)5)49-42(46(51)50-43)29-35-19-27-39(52)28-20-35/h17-28,31-33,40,49,52H,6-16,29-30H2,1-5H3. The predicted molar refractivity (Wildman–Crippen MR) is 222 cm³/mol. The zero-order valence-corrected chi connectivity index (χ0v) is 33.1. The van der Waals surface area contributed by atoms with E-state index in [0.29, 0.717) is 30.3 Å². The number of benzene rings is 3. The second-order valence-electron chi connectivity index (χ2n) is 16.7. The number of aromatic nitrogens is 3. The molecule has 6 nitrogen and oxygen atoms in total. The average Bonchev–Trinajstić information content (AvgIpc) is 3.47. The van der Waals surface area contributed by atoms with Crippen LogP contribution in [-0.2, 0) is 23.1 Å². The van der Waals surface area contributed by atoms with E-state index in [-0.39, 0.29) is 28.4 Å². The van der Waals surface area contributed by atoms with Gasteiger partial charge in [-0.1, -0.05) is 166 Å². The Balaban J connectivity index is 1.12. The number of aromatic amines is 1. The summed E-state index contributed by atoms with van der Waals surface area (Å²) >= 11 is 0. The molecule has 284 valence electrons. The molecule has 0 amide bonds. The molecule has 0 saturated carbocycles. The number of rotatable bonds is 18. The van der Waals surface area contributed by atoms with Gasteiger partial charge in [-0.3, -0.25) is 14.2 Å². The summed E-state index contributed by atoms with van der Waals surface area (Å²) < 4.78 is 1.66. The van der Waals surface area contributed by atoms with E-state index in [9.17, 15) is 14.7 Å². The van der Waals surface area contributed by atoms with Gasteiger partial charge in [0.2, 0.25) is 0 Å². The van der Waals surface area contributed by atoms with Crippen LogP contribution < -0.4 is 5.56 Å². The second-order valence-corrected chi connectivity index (χ2v) is 16.7. The summed E-state index contributed by atoms with van der Waals surface area (Å²) in [5, 5.41) is 9.85. The minimum Gasteiger partial charge on any atom is -0.508 e. The number of imidazole rings is 1. The minimum absolute atomic E-state index is 0.0214. The maximum absolute atomic E-state index is 13.9. The van der Waals surface area contributed by atoms with Gasteiger partial charge in [-0.15, -0.1) is 0 Å². The van der Waals surface area contributed by atoms with E-state index in [1.807, 2.05) is 42.6 Å². The van der Waals surface area contributed by atoms with E-state index in [4.69, 9.17) is 4.98 Å². The van der Waals surface area contributed by atoms with Crippen LogP contribution in [0.5, 0.6) is 5.75 Å². The summed E-state index contributed by atoms with van der Waals surface area (Å²) in [4.78, 5) is 35.6. The quantitative estimate of drug-likeness (QED) is 0.0880. The zero-order valence-electron chi connectivity index (χ0n) is 33.1. The number of hydrogen-bond acceptors (Lipinski definition) is 4. The van der Waals surface area contributed by atoms with E-state index in [1.54, 1.807) is 16.7 Å². The first-order chi connectivity index (χ1) is 26.0. The first-order valence-corrected chi connectivity index (χ1v) is 20.4. The summed E-state index contributed by atoms with van der Waals surface area (Å²) in [6.07, 6.45) is 19.3. The molecule has 2 N–H and O–H groups in total. The summed E-state index contributed by atoms with van der Waals surface area (Å²) in [5.41, 5.74) is 7.97. The maximum Gasteiger partial charge on any atom is 0.278 e. The van der Waals surface area contributed by atoms with E-state index in [2.05, 4.69) is 69.9 Å². The van der Waals surface area contributed by atoms with Crippen molar-refractivity contribution in [3.63, 3.8) is 0 Å². The molecule has 6 rings (SSSR count). The molecule has 3 aromatic carbocycles. The van der Waals surface area contributed by atoms with Crippen LogP contribution in [0.1, 0.15) is 139 Å². The van der Waals surface area contributed by atoms with Crippen LogP contribution >= 0.6 is 0 Å². The number of nitrogens with zero attached hydrogens (tertiary/aromatic N) is 2. The Bertz CT molecular complexity index is 2040. The third-order valence-electron chi connectivity index (χ3n) is 11.3. The number of unbranched alkanes of at least 4 members (excludes halogenated alkanes) is 9. The Labute approximate surface area is 322 Å². The summed E-state index contributed by atoms with van der Waals surface area (Å²) in [5.74, 6) is 1.46. The van der Waals surface area contributed by atoms with Gasteiger partial charge in [0.15, 0.2) is 11.6 Å². The Morgan fingerprint density at radius 2 is 1.33 bits per heavy atom. The topological polar surface area (TPSA) is 88.0 Å². The molecule has 2 heterocycles. The van der Waals surface area contributed by atoms with Crippen molar-refractivity contribution in [2.24, 2.45) is 11.8 Å². The van der Waals surface area contributed by atoms with Crippen molar-refractivity contribution in [2.45, 2.75) is 124 Å². The van der Waals surface area contributed by atoms with E-state index in [0.717, 1.165) is 45.6 Å². The van der Waals surface area contributed by atoms with Crippen LogP contribution in [0.3, 0.4) is 0 Å². The van der Waals surface area contributed by atoms with Crippen molar-refractivity contribution in [3.05, 3.63) is 129 Å². The normalized spacial score (nSPS) is 15.0. The maximum atomic E-state index is 13.9. The molecule has 0 saturated heterocycles. The molecular weight excluding hydrogens is 667 g/mol. The number of nitrogens with one attached hydrogen (secondary N) is 1. The highest BCUT2D eigenvalue weighted by Crippen LogP contribution is 2.37. The number of phenols is 1. The number of carbonyl (C=O) groups is 1. The number of H-pyrrole nitrogens is 1. The molecule has 2 atom stereocenters. The fourth-order valence-electron chi connectivity index (χ4n) is 7.74. The highest BCUT2D eigenvalue weighted by Gasteiger charge is 2.34. The van der Waals surface area contributed by atoms with Crippen molar-refractivity contribution < 1.29 is 9.90 Å². The van der Waals surface area contributed by atoms with Crippen LogP contribution in [-0.4, -0.2) is 25.4 Å². The molecule has 0 fully saturated rings. The molecule has 2 unspecified atom stereocenters. The third kappa shape index (κ3) is 9.50. The molecule has 54 heavy (non-hydrogen) atoms. The van der Waals surface area contributed by atoms with Crippen LogP contribution in [0.2, 0.25) is 0 Å². The molecule has 3 aromatic rings. The smallest absolute Gasteiger partial charge is 0.278 e. The van der Waals surface area contributed by atoms with Crippen LogP contribution in [0.15, 0.2) is 89.9 Å². The van der Waals surface area contributed by atoms with Gasteiger partial charge in [0.25, 0.3) is 5.56 Å². The van der Waals surface area contributed by atoms with Crippen molar-refractivity contribution in [1.29, 1.82) is 0 Å².